The first-order valence-corrected chi connectivity index (χ1v) is 5.36. The zero-order chi connectivity index (χ0) is 13.2. The molecule has 0 N–H and O–H groups in total. The van der Waals surface area contributed by atoms with Crippen molar-refractivity contribution >= 4 is 23.5 Å². The molecule has 2 aromatic rings. The van der Waals surface area contributed by atoms with Crippen molar-refractivity contribution in [2.45, 2.75) is 6.18 Å². The van der Waals surface area contributed by atoms with Crippen LogP contribution >= 0.6 is 11.5 Å². The van der Waals surface area contributed by atoms with Crippen LogP contribution in [0.2, 0.25) is 0 Å². The fourth-order valence-corrected chi connectivity index (χ4v) is 1.74. The van der Waals surface area contributed by atoms with Crippen molar-refractivity contribution in [1.29, 1.82) is 0 Å². The molecule has 0 spiro atoms. The summed E-state index contributed by atoms with van der Waals surface area (Å²) in [5.41, 5.74) is -0.818. The van der Waals surface area contributed by atoms with Crippen LogP contribution in [0.25, 0.3) is 17.5 Å². The molecule has 0 saturated heterocycles. The minimum Gasteiger partial charge on any atom is -0.252 e. The molecule has 0 saturated carbocycles. The monoisotopic (exact) mass is 271 g/mol. The fraction of sp³-hybridized carbons (Fsp3) is 0.100. The lowest BCUT2D eigenvalue weighted by Gasteiger charge is -2.05. The molecule has 0 radical (unpaired) electrons. The van der Waals surface area contributed by atoms with E-state index in [9.17, 15) is 18.0 Å². The van der Waals surface area contributed by atoms with Gasteiger partial charge in [0.2, 0.25) is 0 Å². The maximum Gasteiger partial charge on any atom is 0.433 e. The summed E-state index contributed by atoms with van der Waals surface area (Å²) in [5, 5.41) is 0.283. The molecule has 2 rings (SSSR count). The third-order valence-corrected chi connectivity index (χ3v) is 2.59. The average molecular weight is 271 g/mol. The number of halogens is 3. The minimum atomic E-state index is -4.52. The highest BCUT2D eigenvalue weighted by atomic mass is 32.1. The third-order valence-electron chi connectivity index (χ3n) is 1.93. The number of nitrogens with zero attached hydrogens (tertiary/aromatic N) is 3. The van der Waals surface area contributed by atoms with Crippen LogP contribution in [0.15, 0.2) is 18.3 Å². The molecule has 8 heteroatoms. The van der Waals surface area contributed by atoms with Crippen LogP contribution < -0.4 is 0 Å². The van der Waals surface area contributed by atoms with E-state index >= 15 is 0 Å². The molecule has 18 heavy (non-hydrogen) atoms. The molecule has 2 aromatic heterocycles. The Kier molecular flexibility index (Phi) is 3.22. The highest BCUT2D eigenvalue weighted by Gasteiger charge is 2.32. The van der Waals surface area contributed by atoms with Gasteiger partial charge in [-0.2, -0.15) is 17.5 Å². The zero-order valence-corrected chi connectivity index (χ0v) is 9.42. The number of pyridine rings is 1. The van der Waals surface area contributed by atoms with Gasteiger partial charge in [0.1, 0.15) is 16.6 Å². The summed E-state index contributed by atoms with van der Waals surface area (Å²) in [6, 6.07) is 2.22. The lowest BCUT2D eigenvalue weighted by Crippen LogP contribution is -2.07. The summed E-state index contributed by atoms with van der Waals surface area (Å²) in [6.07, 6.45) is -2.42. The maximum atomic E-state index is 12.5. The van der Waals surface area contributed by atoms with Crippen molar-refractivity contribution in [2.24, 2.45) is 0 Å². The van der Waals surface area contributed by atoms with Gasteiger partial charge in [-0.05, 0) is 23.7 Å². The number of carbonyl (C=O) groups excluding carboxylic acids is 1. The van der Waals surface area contributed by atoms with Crippen LogP contribution in [-0.4, -0.2) is 20.3 Å². The minimum absolute atomic E-state index is 0.120. The Morgan fingerprint density at radius 2 is 2.17 bits per heavy atom. The van der Waals surface area contributed by atoms with E-state index in [0.717, 1.165) is 29.9 Å². The van der Waals surface area contributed by atoms with E-state index in [1.165, 1.54) is 12.0 Å². The first-order chi connectivity index (χ1) is 8.50. The first-order valence-electron chi connectivity index (χ1n) is 4.59. The molecular formula is C10H4F3N3OS. The lowest BCUT2D eigenvalue weighted by molar-refractivity contribution is -0.141. The standard InChI is InChI=1S/C10H4F3N3OS/c11-10(12,13)7-5-6(1-3-14-7)9-15-8(2-4-17)18-16-9/h1-3,5H. The molecule has 0 aliphatic carbocycles. The van der Waals surface area contributed by atoms with Gasteiger partial charge in [0.15, 0.2) is 5.82 Å². The van der Waals surface area contributed by atoms with E-state index < -0.39 is 11.9 Å². The summed E-state index contributed by atoms with van der Waals surface area (Å²) in [4.78, 5) is 17.2. The Labute approximate surface area is 103 Å². The molecule has 4 nitrogen and oxygen atoms in total. The lowest BCUT2D eigenvalue weighted by atomic mass is 10.2. The number of aromatic nitrogens is 3. The number of alkyl halides is 3. The van der Waals surface area contributed by atoms with Gasteiger partial charge in [-0.15, -0.1) is 0 Å². The Hall–Kier alpha value is -2.05. The van der Waals surface area contributed by atoms with E-state index in [0.29, 0.717) is 0 Å². The smallest absolute Gasteiger partial charge is 0.252 e. The Morgan fingerprint density at radius 3 is 2.83 bits per heavy atom. The van der Waals surface area contributed by atoms with Crippen molar-refractivity contribution < 1.29 is 18.0 Å². The van der Waals surface area contributed by atoms with Crippen LogP contribution in [-0.2, 0) is 11.0 Å². The number of hydrogen-bond acceptors (Lipinski definition) is 5. The quantitative estimate of drug-likeness (QED) is 0.787. The SMILES string of the molecule is O=C=Cc1nc(-c2ccnc(C(F)(F)F)c2)ns1. The van der Waals surface area contributed by atoms with Crippen molar-refractivity contribution in [3.8, 4) is 11.4 Å². The first kappa shape index (κ1) is 12.4. The van der Waals surface area contributed by atoms with E-state index in [-0.39, 0.29) is 16.4 Å². The predicted molar refractivity (Wildman–Crippen MR) is 58.3 cm³/mol. The highest BCUT2D eigenvalue weighted by Crippen LogP contribution is 2.29. The summed E-state index contributed by atoms with van der Waals surface area (Å²) >= 11 is 0.901. The van der Waals surface area contributed by atoms with Crippen LogP contribution in [0, 0.1) is 0 Å². The Balaban J connectivity index is 2.41. The maximum absolute atomic E-state index is 12.5. The second-order valence-corrected chi connectivity index (χ2v) is 3.93. The largest absolute Gasteiger partial charge is 0.433 e. The normalized spacial score (nSPS) is 11.1. The fourth-order valence-electron chi connectivity index (χ4n) is 1.19. The van der Waals surface area contributed by atoms with Gasteiger partial charge in [-0.25, -0.2) is 9.78 Å². The van der Waals surface area contributed by atoms with Gasteiger partial charge >= 0.3 is 6.18 Å². The van der Waals surface area contributed by atoms with Crippen LogP contribution in [0.5, 0.6) is 0 Å². The number of rotatable bonds is 2. The topological polar surface area (TPSA) is 55.7 Å². The molecular weight excluding hydrogens is 267 g/mol. The van der Waals surface area contributed by atoms with E-state index in [1.54, 1.807) is 0 Å². The zero-order valence-electron chi connectivity index (χ0n) is 8.60. The molecule has 0 unspecified atom stereocenters. The predicted octanol–water partition coefficient (Wildman–Crippen LogP) is 2.46. The molecule has 0 atom stereocenters. The molecule has 2 heterocycles. The van der Waals surface area contributed by atoms with Gasteiger partial charge < -0.3 is 0 Å². The molecule has 92 valence electrons. The van der Waals surface area contributed by atoms with E-state index in [1.807, 2.05) is 0 Å². The van der Waals surface area contributed by atoms with Crippen LogP contribution in [0.4, 0.5) is 13.2 Å². The van der Waals surface area contributed by atoms with Gasteiger partial charge in [-0.3, -0.25) is 4.98 Å². The van der Waals surface area contributed by atoms with Gasteiger partial charge in [0, 0.05) is 11.8 Å². The van der Waals surface area contributed by atoms with Gasteiger partial charge in [0.05, 0.1) is 6.08 Å². The Morgan fingerprint density at radius 1 is 1.39 bits per heavy atom. The summed E-state index contributed by atoms with van der Waals surface area (Å²) in [5.74, 6) is 1.64. The Bertz CT molecular complexity index is 617. The average Bonchev–Trinajstić information content (AvgIpc) is 2.77. The second kappa shape index (κ2) is 4.67. The molecule has 0 aromatic carbocycles. The molecule has 0 amide bonds. The summed E-state index contributed by atoms with van der Waals surface area (Å²) < 4.78 is 41.2. The summed E-state index contributed by atoms with van der Waals surface area (Å²) in [6.45, 7) is 0. The van der Waals surface area contributed by atoms with Gasteiger partial charge in [-0.1, -0.05) is 0 Å². The van der Waals surface area contributed by atoms with Crippen molar-refractivity contribution in [3.63, 3.8) is 0 Å². The van der Waals surface area contributed by atoms with Crippen molar-refractivity contribution in [3.05, 3.63) is 29.0 Å². The highest BCUT2D eigenvalue weighted by molar-refractivity contribution is 7.06. The molecule has 0 bridgehead atoms. The number of hydrogen-bond donors (Lipinski definition) is 0. The summed E-state index contributed by atoms with van der Waals surface area (Å²) in [7, 11) is 0. The van der Waals surface area contributed by atoms with E-state index in [2.05, 4.69) is 14.3 Å². The van der Waals surface area contributed by atoms with Gasteiger partial charge in [0.25, 0.3) is 0 Å². The second-order valence-electron chi connectivity index (χ2n) is 3.15. The van der Waals surface area contributed by atoms with Crippen molar-refractivity contribution in [2.75, 3.05) is 0 Å². The molecule has 0 aliphatic rings. The van der Waals surface area contributed by atoms with E-state index in [4.69, 9.17) is 0 Å². The third kappa shape index (κ3) is 2.61. The molecule has 0 fully saturated rings. The van der Waals surface area contributed by atoms with Crippen LogP contribution in [0.1, 0.15) is 10.7 Å². The van der Waals surface area contributed by atoms with Crippen molar-refractivity contribution in [1.82, 2.24) is 14.3 Å². The molecule has 0 aliphatic heterocycles. The van der Waals surface area contributed by atoms with Crippen LogP contribution in [0.3, 0.4) is 0 Å².